The number of aliphatic hydroxyl groups is 1. The highest BCUT2D eigenvalue weighted by Crippen LogP contribution is 2.32. The lowest BCUT2D eigenvalue weighted by Crippen LogP contribution is -2.26. The molecule has 0 aromatic carbocycles. The van der Waals surface area contributed by atoms with Crippen molar-refractivity contribution in [3.05, 3.63) is 0 Å². The Labute approximate surface area is 80.3 Å². The topological polar surface area (TPSA) is 29.5 Å². The lowest BCUT2D eigenvalue weighted by Gasteiger charge is -2.25. The Morgan fingerprint density at radius 1 is 1.15 bits per heavy atom. The van der Waals surface area contributed by atoms with Gasteiger partial charge in [0.1, 0.15) is 0 Å². The van der Waals surface area contributed by atoms with E-state index in [1.54, 1.807) is 0 Å². The van der Waals surface area contributed by atoms with E-state index in [2.05, 4.69) is 0 Å². The average molecular weight is 184 g/mol. The van der Waals surface area contributed by atoms with Crippen LogP contribution < -0.4 is 0 Å². The fraction of sp³-hybridized carbons (Fsp3) is 1.00. The normalized spacial score (nSPS) is 34.8. The summed E-state index contributed by atoms with van der Waals surface area (Å²) in [6, 6.07) is 0. The van der Waals surface area contributed by atoms with Gasteiger partial charge >= 0.3 is 0 Å². The number of rotatable bonds is 4. The van der Waals surface area contributed by atoms with Crippen molar-refractivity contribution in [3.8, 4) is 0 Å². The zero-order valence-electron chi connectivity index (χ0n) is 8.24. The molecular formula is C11H20O2. The van der Waals surface area contributed by atoms with Crippen molar-refractivity contribution in [1.29, 1.82) is 0 Å². The Kier molecular flexibility index (Phi) is 3.23. The monoisotopic (exact) mass is 184 g/mol. The molecule has 2 atom stereocenters. The molecule has 0 radical (unpaired) electrons. The SMILES string of the molecule is OC1CCCC(OCCC2CC2)C1. The Bertz CT molecular complexity index is 154. The third-order valence-corrected chi connectivity index (χ3v) is 3.17. The first-order chi connectivity index (χ1) is 6.34. The molecule has 2 aliphatic carbocycles. The Morgan fingerprint density at radius 2 is 2.00 bits per heavy atom. The van der Waals surface area contributed by atoms with Crippen LogP contribution in [0.15, 0.2) is 0 Å². The second-order valence-electron chi connectivity index (χ2n) is 4.55. The molecule has 2 unspecified atom stereocenters. The summed E-state index contributed by atoms with van der Waals surface area (Å²) in [5, 5.41) is 9.42. The van der Waals surface area contributed by atoms with Crippen LogP contribution in [0.3, 0.4) is 0 Å². The number of hydrogen-bond acceptors (Lipinski definition) is 2. The summed E-state index contributed by atoms with van der Waals surface area (Å²) in [6.45, 7) is 0.919. The van der Waals surface area contributed by atoms with Gasteiger partial charge in [-0.2, -0.15) is 0 Å². The van der Waals surface area contributed by atoms with Gasteiger partial charge in [-0.3, -0.25) is 0 Å². The van der Waals surface area contributed by atoms with E-state index in [1.807, 2.05) is 0 Å². The maximum atomic E-state index is 9.42. The van der Waals surface area contributed by atoms with E-state index < -0.39 is 0 Å². The smallest absolute Gasteiger partial charge is 0.0599 e. The van der Waals surface area contributed by atoms with Crippen molar-refractivity contribution in [2.45, 2.75) is 57.2 Å². The van der Waals surface area contributed by atoms with Gasteiger partial charge in [0.15, 0.2) is 0 Å². The third kappa shape index (κ3) is 3.28. The average Bonchev–Trinajstić information content (AvgIpc) is 2.88. The summed E-state index contributed by atoms with van der Waals surface area (Å²) in [6.07, 6.45) is 8.45. The second-order valence-corrected chi connectivity index (χ2v) is 4.55. The molecular weight excluding hydrogens is 164 g/mol. The first kappa shape index (κ1) is 9.47. The van der Waals surface area contributed by atoms with Crippen LogP contribution in [0.4, 0.5) is 0 Å². The summed E-state index contributed by atoms with van der Waals surface area (Å²) >= 11 is 0. The lowest BCUT2D eigenvalue weighted by molar-refractivity contribution is -0.0163. The standard InChI is InChI=1S/C11H20O2/c12-10-2-1-3-11(8-10)13-7-6-9-4-5-9/h9-12H,1-8H2. The van der Waals surface area contributed by atoms with Crippen LogP contribution in [0.2, 0.25) is 0 Å². The molecule has 0 aromatic heterocycles. The largest absolute Gasteiger partial charge is 0.393 e. The highest BCUT2D eigenvalue weighted by Gasteiger charge is 2.23. The zero-order chi connectivity index (χ0) is 9.10. The molecule has 2 nitrogen and oxygen atoms in total. The Hall–Kier alpha value is -0.0800. The van der Waals surface area contributed by atoms with Gasteiger partial charge in [-0.15, -0.1) is 0 Å². The van der Waals surface area contributed by atoms with Crippen molar-refractivity contribution < 1.29 is 9.84 Å². The summed E-state index contributed by atoms with van der Waals surface area (Å²) < 4.78 is 5.74. The van der Waals surface area contributed by atoms with E-state index in [9.17, 15) is 5.11 Å². The van der Waals surface area contributed by atoms with Crippen molar-refractivity contribution in [1.82, 2.24) is 0 Å². The molecule has 2 aliphatic rings. The number of ether oxygens (including phenoxy) is 1. The quantitative estimate of drug-likeness (QED) is 0.725. The predicted molar refractivity (Wildman–Crippen MR) is 51.6 cm³/mol. The molecule has 0 heterocycles. The molecule has 0 spiro atoms. The summed E-state index contributed by atoms with van der Waals surface area (Å²) in [7, 11) is 0. The van der Waals surface area contributed by atoms with Crippen molar-refractivity contribution >= 4 is 0 Å². The molecule has 1 N–H and O–H groups in total. The minimum atomic E-state index is -0.0975. The molecule has 0 aromatic rings. The van der Waals surface area contributed by atoms with Gasteiger partial charge in [-0.1, -0.05) is 12.8 Å². The van der Waals surface area contributed by atoms with E-state index in [-0.39, 0.29) is 6.10 Å². The van der Waals surface area contributed by atoms with Crippen LogP contribution >= 0.6 is 0 Å². The van der Waals surface area contributed by atoms with Crippen molar-refractivity contribution in [3.63, 3.8) is 0 Å². The fourth-order valence-corrected chi connectivity index (χ4v) is 2.08. The molecule has 2 rings (SSSR count). The van der Waals surface area contributed by atoms with Gasteiger partial charge in [0.2, 0.25) is 0 Å². The Balaban J connectivity index is 1.56. The molecule has 76 valence electrons. The fourth-order valence-electron chi connectivity index (χ4n) is 2.08. The van der Waals surface area contributed by atoms with Gasteiger partial charge in [-0.25, -0.2) is 0 Å². The highest BCUT2D eigenvalue weighted by molar-refractivity contribution is 4.75. The summed E-state index contributed by atoms with van der Waals surface area (Å²) in [5.74, 6) is 0.966. The maximum absolute atomic E-state index is 9.42. The molecule has 2 saturated carbocycles. The third-order valence-electron chi connectivity index (χ3n) is 3.17. The number of aliphatic hydroxyl groups excluding tert-OH is 1. The molecule has 0 aliphatic heterocycles. The van der Waals surface area contributed by atoms with Crippen LogP contribution in [-0.2, 0) is 4.74 Å². The lowest BCUT2D eigenvalue weighted by atomic mass is 9.95. The van der Waals surface area contributed by atoms with Gasteiger partial charge in [0.05, 0.1) is 12.2 Å². The summed E-state index contributed by atoms with van der Waals surface area (Å²) in [5.41, 5.74) is 0. The molecule has 2 heteroatoms. The van der Waals surface area contributed by atoms with Gasteiger partial charge in [-0.05, 0) is 38.0 Å². The maximum Gasteiger partial charge on any atom is 0.0599 e. The Morgan fingerprint density at radius 3 is 2.69 bits per heavy atom. The zero-order valence-corrected chi connectivity index (χ0v) is 8.24. The molecule has 0 saturated heterocycles. The minimum absolute atomic E-state index is 0.0975. The summed E-state index contributed by atoms with van der Waals surface area (Å²) in [4.78, 5) is 0. The highest BCUT2D eigenvalue weighted by atomic mass is 16.5. The van der Waals surface area contributed by atoms with Gasteiger partial charge < -0.3 is 9.84 Å². The van der Waals surface area contributed by atoms with E-state index in [1.165, 1.54) is 19.3 Å². The molecule has 0 bridgehead atoms. The second kappa shape index (κ2) is 4.43. The number of hydrogen-bond donors (Lipinski definition) is 1. The molecule has 2 fully saturated rings. The predicted octanol–water partition coefficient (Wildman–Crippen LogP) is 2.11. The molecule has 13 heavy (non-hydrogen) atoms. The van der Waals surface area contributed by atoms with E-state index in [0.717, 1.165) is 38.2 Å². The van der Waals surface area contributed by atoms with E-state index in [4.69, 9.17) is 4.74 Å². The van der Waals surface area contributed by atoms with Crippen molar-refractivity contribution in [2.75, 3.05) is 6.61 Å². The first-order valence-electron chi connectivity index (χ1n) is 5.64. The minimum Gasteiger partial charge on any atom is -0.393 e. The van der Waals surface area contributed by atoms with Crippen LogP contribution in [0, 0.1) is 5.92 Å². The van der Waals surface area contributed by atoms with E-state index >= 15 is 0 Å². The van der Waals surface area contributed by atoms with Crippen LogP contribution in [-0.4, -0.2) is 23.9 Å². The van der Waals surface area contributed by atoms with Gasteiger partial charge in [0, 0.05) is 6.61 Å². The van der Waals surface area contributed by atoms with Crippen molar-refractivity contribution in [2.24, 2.45) is 5.92 Å². The van der Waals surface area contributed by atoms with Crippen LogP contribution in [0.1, 0.15) is 44.9 Å². The van der Waals surface area contributed by atoms with Crippen LogP contribution in [0.25, 0.3) is 0 Å². The van der Waals surface area contributed by atoms with E-state index in [0.29, 0.717) is 6.10 Å². The first-order valence-corrected chi connectivity index (χ1v) is 5.64. The van der Waals surface area contributed by atoms with Gasteiger partial charge in [0.25, 0.3) is 0 Å². The van der Waals surface area contributed by atoms with Crippen LogP contribution in [0.5, 0.6) is 0 Å². The molecule has 0 amide bonds.